The molecule has 0 fully saturated rings. The summed E-state index contributed by atoms with van der Waals surface area (Å²) in [6.45, 7) is 5.03. The average Bonchev–Trinajstić information content (AvgIpc) is 2.36. The SMILES string of the molecule is Cc1cc(S(=O)(=O)c2cc(O)c(C)cc2C)ccc1O. The van der Waals surface area contributed by atoms with Crippen molar-refractivity contribution in [3.8, 4) is 11.5 Å². The van der Waals surface area contributed by atoms with Crippen LogP contribution in [0.3, 0.4) is 0 Å². The lowest BCUT2D eigenvalue weighted by atomic mass is 10.1. The van der Waals surface area contributed by atoms with Crippen molar-refractivity contribution < 1.29 is 18.6 Å². The minimum atomic E-state index is -3.72. The van der Waals surface area contributed by atoms with Crippen molar-refractivity contribution in [2.45, 2.75) is 30.6 Å². The van der Waals surface area contributed by atoms with Crippen LogP contribution in [0.25, 0.3) is 0 Å². The molecule has 20 heavy (non-hydrogen) atoms. The van der Waals surface area contributed by atoms with Gasteiger partial charge in [0, 0.05) is 0 Å². The van der Waals surface area contributed by atoms with E-state index in [2.05, 4.69) is 0 Å². The molecule has 2 N–H and O–H groups in total. The Hall–Kier alpha value is -2.01. The third-order valence-electron chi connectivity index (χ3n) is 3.26. The number of aryl methyl sites for hydroxylation is 3. The van der Waals surface area contributed by atoms with Gasteiger partial charge in [0.05, 0.1) is 9.79 Å². The van der Waals surface area contributed by atoms with E-state index in [4.69, 9.17) is 0 Å². The van der Waals surface area contributed by atoms with E-state index in [-0.39, 0.29) is 21.3 Å². The molecule has 0 bridgehead atoms. The fourth-order valence-electron chi connectivity index (χ4n) is 2.03. The number of phenols is 2. The second-order valence-corrected chi connectivity index (χ2v) is 6.77. The van der Waals surface area contributed by atoms with Gasteiger partial charge in [-0.05, 0) is 61.7 Å². The molecule has 0 amide bonds. The monoisotopic (exact) mass is 292 g/mol. The molecule has 5 heteroatoms. The zero-order valence-corrected chi connectivity index (χ0v) is 12.3. The quantitative estimate of drug-likeness (QED) is 0.892. The van der Waals surface area contributed by atoms with E-state index in [9.17, 15) is 18.6 Å². The van der Waals surface area contributed by atoms with Crippen LogP contribution in [0, 0.1) is 20.8 Å². The lowest BCUT2D eigenvalue weighted by Crippen LogP contribution is -2.05. The first-order chi connectivity index (χ1) is 9.23. The largest absolute Gasteiger partial charge is 0.508 e. The Morgan fingerprint density at radius 3 is 2.00 bits per heavy atom. The van der Waals surface area contributed by atoms with Crippen LogP contribution in [-0.2, 0) is 9.84 Å². The molecule has 106 valence electrons. The van der Waals surface area contributed by atoms with Crippen molar-refractivity contribution in [1.82, 2.24) is 0 Å². The summed E-state index contributed by atoms with van der Waals surface area (Å²) < 4.78 is 25.2. The first-order valence-corrected chi connectivity index (χ1v) is 7.56. The highest BCUT2D eigenvalue weighted by molar-refractivity contribution is 7.91. The van der Waals surface area contributed by atoms with E-state index in [0.29, 0.717) is 16.7 Å². The van der Waals surface area contributed by atoms with Gasteiger partial charge in [0.25, 0.3) is 0 Å². The van der Waals surface area contributed by atoms with E-state index in [1.165, 1.54) is 24.3 Å². The topological polar surface area (TPSA) is 74.6 Å². The van der Waals surface area contributed by atoms with Gasteiger partial charge >= 0.3 is 0 Å². The Morgan fingerprint density at radius 1 is 0.800 bits per heavy atom. The van der Waals surface area contributed by atoms with Crippen LogP contribution >= 0.6 is 0 Å². The van der Waals surface area contributed by atoms with Crippen LogP contribution < -0.4 is 0 Å². The molecule has 0 saturated carbocycles. The predicted octanol–water partition coefficient (Wildman–Crippen LogP) is 2.86. The average molecular weight is 292 g/mol. The first-order valence-electron chi connectivity index (χ1n) is 6.08. The summed E-state index contributed by atoms with van der Waals surface area (Å²) >= 11 is 0. The molecule has 0 saturated heterocycles. The first kappa shape index (κ1) is 14.4. The van der Waals surface area contributed by atoms with E-state index in [1.54, 1.807) is 26.8 Å². The molecule has 2 aromatic rings. The summed E-state index contributed by atoms with van der Waals surface area (Å²) in [6, 6.07) is 7.03. The Balaban J connectivity index is 2.66. The lowest BCUT2D eigenvalue weighted by Gasteiger charge is -2.11. The molecule has 0 aliphatic carbocycles. The fourth-order valence-corrected chi connectivity index (χ4v) is 3.62. The molecule has 0 atom stereocenters. The molecule has 0 aliphatic rings. The van der Waals surface area contributed by atoms with Crippen LogP contribution in [0.15, 0.2) is 40.1 Å². The smallest absolute Gasteiger partial charge is 0.207 e. The number of phenolic OH excluding ortho intramolecular Hbond substituents is 2. The molecule has 0 aliphatic heterocycles. The Morgan fingerprint density at radius 2 is 1.40 bits per heavy atom. The molecule has 4 nitrogen and oxygen atoms in total. The second-order valence-electron chi connectivity index (χ2n) is 4.86. The number of benzene rings is 2. The van der Waals surface area contributed by atoms with Crippen molar-refractivity contribution in [3.05, 3.63) is 47.0 Å². The number of hydrogen-bond acceptors (Lipinski definition) is 4. The minimum absolute atomic E-state index is 0.0485. The van der Waals surface area contributed by atoms with Crippen LogP contribution in [0.1, 0.15) is 16.7 Å². The van der Waals surface area contributed by atoms with Crippen LogP contribution in [0.5, 0.6) is 11.5 Å². The van der Waals surface area contributed by atoms with Crippen molar-refractivity contribution in [2.24, 2.45) is 0 Å². The predicted molar refractivity (Wildman–Crippen MR) is 75.9 cm³/mol. The zero-order chi connectivity index (χ0) is 15.1. The van der Waals surface area contributed by atoms with E-state index < -0.39 is 9.84 Å². The summed E-state index contributed by atoms with van der Waals surface area (Å²) in [6.07, 6.45) is 0. The van der Waals surface area contributed by atoms with Crippen LogP contribution in [0.2, 0.25) is 0 Å². The molecule has 2 rings (SSSR count). The van der Waals surface area contributed by atoms with Crippen molar-refractivity contribution in [1.29, 1.82) is 0 Å². The maximum Gasteiger partial charge on any atom is 0.207 e. The summed E-state index contributed by atoms with van der Waals surface area (Å²) in [7, 11) is -3.72. The van der Waals surface area contributed by atoms with Crippen molar-refractivity contribution in [3.63, 3.8) is 0 Å². The maximum absolute atomic E-state index is 12.6. The molecule has 0 spiro atoms. The third kappa shape index (κ3) is 2.36. The van der Waals surface area contributed by atoms with Crippen LogP contribution in [0.4, 0.5) is 0 Å². The summed E-state index contributed by atoms with van der Waals surface area (Å²) in [4.78, 5) is 0.171. The fraction of sp³-hybridized carbons (Fsp3) is 0.200. The minimum Gasteiger partial charge on any atom is -0.508 e. The highest BCUT2D eigenvalue weighted by Gasteiger charge is 2.21. The molecule has 0 aromatic heterocycles. The van der Waals surface area contributed by atoms with Crippen molar-refractivity contribution >= 4 is 9.84 Å². The molecule has 0 unspecified atom stereocenters. The number of hydrogen-bond donors (Lipinski definition) is 2. The number of sulfone groups is 1. The number of rotatable bonds is 2. The molecular formula is C15H16O4S. The summed E-state index contributed by atoms with van der Waals surface area (Å²) in [5, 5.41) is 19.2. The maximum atomic E-state index is 12.6. The van der Waals surface area contributed by atoms with Crippen LogP contribution in [-0.4, -0.2) is 18.6 Å². The van der Waals surface area contributed by atoms with E-state index in [0.717, 1.165) is 0 Å². The van der Waals surface area contributed by atoms with Gasteiger partial charge in [-0.25, -0.2) is 8.42 Å². The molecule has 2 aromatic carbocycles. The van der Waals surface area contributed by atoms with Gasteiger partial charge in [0.15, 0.2) is 0 Å². The molecule has 0 radical (unpaired) electrons. The summed E-state index contributed by atoms with van der Waals surface area (Å²) in [5.41, 5.74) is 1.69. The van der Waals surface area contributed by atoms with Gasteiger partial charge in [0.1, 0.15) is 11.5 Å². The Kier molecular flexibility index (Phi) is 3.48. The molecule has 0 heterocycles. The zero-order valence-electron chi connectivity index (χ0n) is 11.5. The van der Waals surface area contributed by atoms with E-state index in [1.807, 2.05) is 0 Å². The second kappa shape index (κ2) is 4.83. The van der Waals surface area contributed by atoms with Gasteiger partial charge in [-0.1, -0.05) is 6.07 Å². The third-order valence-corrected chi connectivity index (χ3v) is 5.15. The van der Waals surface area contributed by atoms with Gasteiger partial charge in [-0.15, -0.1) is 0 Å². The standard InChI is InChI=1S/C15H16O4S/c1-9-6-11(3)15(8-14(9)17)20(18,19)12-4-5-13(16)10(2)7-12/h4-8,16-17H,1-3H3. The normalized spacial score (nSPS) is 11.6. The highest BCUT2D eigenvalue weighted by Crippen LogP contribution is 2.31. The van der Waals surface area contributed by atoms with Crippen molar-refractivity contribution in [2.75, 3.05) is 0 Å². The van der Waals surface area contributed by atoms with E-state index >= 15 is 0 Å². The van der Waals surface area contributed by atoms with Gasteiger partial charge in [-0.2, -0.15) is 0 Å². The lowest BCUT2D eigenvalue weighted by molar-refractivity contribution is 0.468. The Bertz CT molecular complexity index is 777. The number of aromatic hydroxyl groups is 2. The summed E-state index contributed by atoms with van der Waals surface area (Å²) in [5.74, 6) is -0.00268. The Labute approximate surface area is 118 Å². The van der Waals surface area contributed by atoms with Gasteiger partial charge in [-0.3, -0.25) is 0 Å². The molecular weight excluding hydrogens is 276 g/mol. The van der Waals surface area contributed by atoms with Gasteiger partial charge < -0.3 is 10.2 Å². The highest BCUT2D eigenvalue weighted by atomic mass is 32.2. The van der Waals surface area contributed by atoms with Gasteiger partial charge in [0.2, 0.25) is 9.84 Å².